The number of ether oxygens (including phenoxy) is 2. The van der Waals surface area contributed by atoms with Gasteiger partial charge in [-0.3, -0.25) is 4.79 Å². The van der Waals surface area contributed by atoms with E-state index in [1.54, 1.807) is 6.07 Å². The molecule has 3 heterocycles. The Balaban J connectivity index is 1.50. The van der Waals surface area contributed by atoms with Gasteiger partial charge in [-0.05, 0) is 30.2 Å². The molecule has 2 aliphatic heterocycles. The fraction of sp³-hybridized carbons (Fsp3) is 0.312. The van der Waals surface area contributed by atoms with E-state index in [2.05, 4.69) is 6.07 Å². The van der Waals surface area contributed by atoms with E-state index < -0.39 is 0 Å². The summed E-state index contributed by atoms with van der Waals surface area (Å²) < 4.78 is 15.7. The SMILES string of the molecule is O=C(c1ccoc1)N1CC[C@H](c2ccc3c(c2)OCO3)C1. The van der Waals surface area contributed by atoms with Gasteiger partial charge in [-0.15, -0.1) is 0 Å². The van der Waals surface area contributed by atoms with E-state index in [0.29, 0.717) is 11.5 Å². The lowest BCUT2D eigenvalue weighted by Gasteiger charge is -2.16. The van der Waals surface area contributed by atoms with Gasteiger partial charge in [0, 0.05) is 19.0 Å². The molecule has 0 radical (unpaired) electrons. The zero-order valence-electron chi connectivity index (χ0n) is 11.5. The maximum atomic E-state index is 12.3. The second-order valence-electron chi connectivity index (χ2n) is 5.36. The van der Waals surface area contributed by atoms with Gasteiger partial charge in [0.1, 0.15) is 6.26 Å². The number of benzene rings is 1. The van der Waals surface area contributed by atoms with Crippen LogP contribution in [0.15, 0.2) is 41.2 Å². The molecule has 0 N–H and O–H groups in total. The lowest BCUT2D eigenvalue weighted by molar-refractivity contribution is 0.0790. The number of nitrogens with zero attached hydrogens (tertiary/aromatic N) is 1. The minimum absolute atomic E-state index is 0.0343. The largest absolute Gasteiger partial charge is 0.472 e. The van der Waals surface area contributed by atoms with Crippen LogP contribution in [0.2, 0.25) is 0 Å². The van der Waals surface area contributed by atoms with Crippen LogP contribution in [0.1, 0.15) is 28.3 Å². The zero-order valence-corrected chi connectivity index (χ0v) is 11.5. The van der Waals surface area contributed by atoms with Crippen molar-refractivity contribution in [3.63, 3.8) is 0 Å². The van der Waals surface area contributed by atoms with Crippen LogP contribution in [0, 0.1) is 0 Å². The molecule has 1 amide bonds. The Morgan fingerprint density at radius 2 is 2.10 bits per heavy atom. The molecule has 1 aromatic carbocycles. The molecule has 0 unspecified atom stereocenters. The summed E-state index contributed by atoms with van der Waals surface area (Å²) in [5.41, 5.74) is 1.81. The number of fused-ring (bicyclic) bond motifs is 1. The number of hydrogen-bond acceptors (Lipinski definition) is 4. The van der Waals surface area contributed by atoms with E-state index >= 15 is 0 Å². The summed E-state index contributed by atoms with van der Waals surface area (Å²) in [6, 6.07) is 7.73. The fourth-order valence-electron chi connectivity index (χ4n) is 2.95. The Morgan fingerprint density at radius 3 is 2.95 bits per heavy atom. The molecule has 5 nitrogen and oxygen atoms in total. The van der Waals surface area contributed by atoms with E-state index in [-0.39, 0.29) is 12.7 Å². The number of carbonyl (C=O) groups is 1. The van der Waals surface area contributed by atoms with Gasteiger partial charge in [-0.2, -0.15) is 0 Å². The van der Waals surface area contributed by atoms with Crippen molar-refractivity contribution >= 4 is 5.91 Å². The normalized spacial score (nSPS) is 20.0. The molecule has 0 saturated carbocycles. The molecule has 108 valence electrons. The molecule has 1 fully saturated rings. The van der Waals surface area contributed by atoms with Gasteiger partial charge in [-0.1, -0.05) is 6.07 Å². The van der Waals surface area contributed by atoms with E-state index in [0.717, 1.165) is 31.0 Å². The summed E-state index contributed by atoms with van der Waals surface area (Å²) in [6.45, 7) is 1.78. The number of hydrogen-bond donors (Lipinski definition) is 0. The fourth-order valence-corrected chi connectivity index (χ4v) is 2.95. The first-order valence-electron chi connectivity index (χ1n) is 7.02. The Bertz CT molecular complexity index is 665. The van der Waals surface area contributed by atoms with Crippen molar-refractivity contribution in [3.8, 4) is 11.5 Å². The first kappa shape index (κ1) is 12.3. The van der Waals surface area contributed by atoms with Crippen molar-refractivity contribution in [1.82, 2.24) is 4.90 Å². The Labute approximate surface area is 122 Å². The molecule has 21 heavy (non-hydrogen) atoms. The second kappa shape index (κ2) is 4.84. The smallest absolute Gasteiger partial charge is 0.257 e. The highest BCUT2D eigenvalue weighted by Gasteiger charge is 2.29. The summed E-state index contributed by atoms with van der Waals surface area (Å²) in [5.74, 6) is 1.97. The van der Waals surface area contributed by atoms with E-state index in [9.17, 15) is 4.79 Å². The quantitative estimate of drug-likeness (QED) is 0.851. The summed E-state index contributed by atoms with van der Waals surface area (Å²) in [7, 11) is 0. The second-order valence-corrected chi connectivity index (χ2v) is 5.36. The van der Waals surface area contributed by atoms with Crippen LogP contribution in [0.3, 0.4) is 0 Å². The van der Waals surface area contributed by atoms with Gasteiger partial charge in [0.2, 0.25) is 6.79 Å². The molecule has 1 aromatic heterocycles. The molecular formula is C16H15NO4. The van der Waals surface area contributed by atoms with Crippen molar-refractivity contribution < 1.29 is 18.7 Å². The van der Waals surface area contributed by atoms with Crippen LogP contribution in [0.25, 0.3) is 0 Å². The molecular weight excluding hydrogens is 270 g/mol. The maximum Gasteiger partial charge on any atom is 0.257 e. The van der Waals surface area contributed by atoms with Crippen molar-refractivity contribution in [2.24, 2.45) is 0 Å². The van der Waals surface area contributed by atoms with Gasteiger partial charge in [0.15, 0.2) is 11.5 Å². The van der Waals surface area contributed by atoms with Crippen LogP contribution in [-0.4, -0.2) is 30.7 Å². The Kier molecular flexibility index (Phi) is 2.84. The molecule has 1 saturated heterocycles. The lowest BCUT2D eigenvalue weighted by Crippen LogP contribution is -2.28. The molecule has 1 atom stereocenters. The minimum atomic E-state index is 0.0343. The standard InChI is InChI=1S/C16H15NO4/c18-16(13-4-6-19-9-13)17-5-3-12(8-17)11-1-2-14-15(7-11)21-10-20-14/h1-2,4,6-7,9,12H,3,5,8,10H2/t12-/m0/s1. The number of furan rings is 1. The van der Waals surface area contributed by atoms with Crippen molar-refractivity contribution in [3.05, 3.63) is 47.9 Å². The van der Waals surface area contributed by atoms with Gasteiger partial charge < -0.3 is 18.8 Å². The van der Waals surface area contributed by atoms with Crippen LogP contribution in [0.5, 0.6) is 11.5 Å². The molecule has 5 heteroatoms. The predicted octanol–water partition coefficient (Wildman–Crippen LogP) is 2.64. The van der Waals surface area contributed by atoms with Crippen molar-refractivity contribution in [2.45, 2.75) is 12.3 Å². The number of likely N-dealkylation sites (tertiary alicyclic amines) is 1. The molecule has 0 aliphatic carbocycles. The zero-order chi connectivity index (χ0) is 14.2. The summed E-state index contributed by atoms with van der Waals surface area (Å²) >= 11 is 0. The van der Waals surface area contributed by atoms with E-state index in [1.165, 1.54) is 18.1 Å². The molecule has 4 rings (SSSR count). The molecule has 2 aromatic rings. The average Bonchev–Trinajstić information content (AvgIpc) is 3.25. The Morgan fingerprint density at radius 1 is 1.19 bits per heavy atom. The maximum absolute atomic E-state index is 12.3. The van der Waals surface area contributed by atoms with Crippen molar-refractivity contribution in [1.29, 1.82) is 0 Å². The summed E-state index contributed by atoms with van der Waals surface area (Å²) in [5, 5.41) is 0. The Hall–Kier alpha value is -2.43. The summed E-state index contributed by atoms with van der Waals surface area (Å²) in [4.78, 5) is 14.2. The van der Waals surface area contributed by atoms with Gasteiger partial charge in [-0.25, -0.2) is 0 Å². The minimum Gasteiger partial charge on any atom is -0.472 e. The van der Waals surface area contributed by atoms with Crippen LogP contribution in [-0.2, 0) is 0 Å². The third kappa shape index (κ3) is 2.14. The van der Waals surface area contributed by atoms with E-state index in [1.807, 2.05) is 17.0 Å². The van der Waals surface area contributed by atoms with Gasteiger partial charge in [0.25, 0.3) is 5.91 Å². The first-order valence-corrected chi connectivity index (χ1v) is 7.02. The summed E-state index contributed by atoms with van der Waals surface area (Å²) in [6.07, 6.45) is 3.98. The highest BCUT2D eigenvalue weighted by atomic mass is 16.7. The van der Waals surface area contributed by atoms with E-state index in [4.69, 9.17) is 13.9 Å². The van der Waals surface area contributed by atoms with Crippen LogP contribution < -0.4 is 9.47 Å². The highest BCUT2D eigenvalue weighted by molar-refractivity contribution is 5.94. The number of amides is 1. The van der Waals surface area contributed by atoms with Gasteiger partial charge >= 0.3 is 0 Å². The van der Waals surface area contributed by atoms with Crippen LogP contribution >= 0.6 is 0 Å². The molecule has 0 bridgehead atoms. The lowest BCUT2D eigenvalue weighted by atomic mass is 9.98. The first-order chi connectivity index (χ1) is 10.3. The third-order valence-electron chi connectivity index (χ3n) is 4.11. The van der Waals surface area contributed by atoms with Crippen molar-refractivity contribution in [2.75, 3.05) is 19.9 Å². The highest BCUT2D eigenvalue weighted by Crippen LogP contribution is 2.37. The monoisotopic (exact) mass is 285 g/mol. The molecule has 0 spiro atoms. The number of rotatable bonds is 2. The van der Waals surface area contributed by atoms with Gasteiger partial charge in [0.05, 0.1) is 11.8 Å². The topological polar surface area (TPSA) is 51.9 Å². The third-order valence-corrected chi connectivity index (χ3v) is 4.11. The predicted molar refractivity (Wildman–Crippen MR) is 74.5 cm³/mol. The van der Waals surface area contributed by atoms with Crippen LogP contribution in [0.4, 0.5) is 0 Å². The number of carbonyl (C=O) groups excluding carboxylic acids is 1. The average molecular weight is 285 g/mol. The molecule has 2 aliphatic rings.